The lowest BCUT2D eigenvalue weighted by atomic mass is 10.2. The molecular weight excluding hydrogens is 411 g/mol. The SMILES string of the molecule is Cc1cc(C)c(CSSCC(=O)O)[n+](-c2nc3ccc(C(F)(F)F)cc3[nH]2)c1. The molecule has 0 aliphatic heterocycles. The van der Waals surface area contributed by atoms with Crippen LogP contribution in [0.4, 0.5) is 13.2 Å². The van der Waals surface area contributed by atoms with E-state index in [0.717, 1.165) is 29.0 Å². The summed E-state index contributed by atoms with van der Waals surface area (Å²) in [5.74, 6) is 0.0405. The number of aromatic nitrogens is 3. The fourth-order valence-electron chi connectivity index (χ4n) is 2.78. The quantitative estimate of drug-likeness (QED) is 0.345. The van der Waals surface area contributed by atoms with Crippen molar-refractivity contribution in [2.24, 2.45) is 0 Å². The molecule has 0 radical (unpaired) electrons. The first kappa shape index (κ1) is 20.5. The Morgan fingerprint density at radius 3 is 2.68 bits per heavy atom. The van der Waals surface area contributed by atoms with Gasteiger partial charge in [-0.1, -0.05) is 32.6 Å². The molecule has 0 fully saturated rings. The molecule has 0 spiro atoms. The van der Waals surface area contributed by atoms with Gasteiger partial charge >= 0.3 is 18.1 Å². The summed E-state index contributed by atoms with van der Waals surface area (Å²) in [5, 5.41) is 8.76. The lowest BCUT2D eigenvalue weighted by molar-refractivity contribution is -0.611. The van der Waals surface area contributed by atoms with Gasteiger partial charge in [0.2, 0.25) is 0 Å². The highest BCUT2D eigenvalue weighted by Gasteiger charge is 2.31. The predicted molar refractivity (Wildman–Crippen MR) is 103 cm³/mol. The van der Waals surface area contributed by atoms with Gasteiger partial charge in [-0.25, -0.2) is 9.55 Å². The van der Waals surface area contributed by atoms with Crippen LogP contribution in [-0.4, -0.2) is 26.8 Å². The van der Waals surface area contributed by atoms with Crippen LogP contribution in [0, 0.1) is 13.8 Å². The fraction of sp³-hybridized carbons (Fsp3) is 0.278. The van der Waals surface area contributed by atoms with E-state index in [-0.39, 0.29) is 5.75 Å². The number of aliphatic carboxylic acids is 1. The van der Waals surface area contributed by atoms with Gasteiger partial charge in [-0.3, -0.25) is 4.79 Å². The predicted octanol–water partition coefficient (Wildman–Crippen LogP) is 4.44. The molecule has 148 valence electrons. The molecule has 0 aliphatic rings. The average molecular weight is 428 g/mol. The second-order valence-electron chi connectivity index (χ2n) is 6.23. The van der Waals surface area contributed by atoms with E-state index in [2.05, 4.69) is 9.97 Å². The highest BCUT2D eigenvalue weighted by molar-refractivity contribution is 8.76. The number of aromatic amines is 1. The molecule has 0 aliphatic carbocycles. The van der Waals surface area contributed by atoms with Crippen molar-refractivity contribution in [3.8, 4) is 5.95 Å². The third-order valence-corrected chi connectivity index (χ3v) is 6.14. The van der Waals surface area contributed by atoms with Crippen LogP contribution < -0.4 is 4.57 Å². The van der Waals surface area contributed by atoms with E-state index in [1.54, 1.807) is 0 Å². The van der Waals surface area contributed by atoms with Gasteiger partial charge in [0.05, 0.1) is 23.2 Å². The number of imidazole rings is 1. The number of pyridine rings is 1. The molecule has 2 aromatic heterocycles. The standard InChI is InChI=1S/C18H16F3N3O2S2/c1-10-5-11(2)15(8-27-28-9-16(25)26)24(7-10)17-22-13-4-3-12(18(19,20)21)6-14(13)23-17/h3-7H,8-9H2,1-2H3,(H-,22,23,25,26)/p+1. The van der Waals surface area contributed by atoms with Crippen LogP contribution in [0.5, 0.6) is 0 Å². The number of hydrogen-bond acceptors (Lipinski definition) is 4. The van der Waals surface area contributed by atoms with Gasteiger partial charge in [0.15, 0.2) is 5.52 Å². The number of halogens is 3. The van der Waals surface area contributed by atoms with Crippen LogP contribution >= 0.6 is 21.6 Å². The van der Waals surface area contributed by atoms with Crippen molar-refractivity contribution in [2.45, 2.75) is 25.8 Å². The number of hydrogen-bond donors (Lipinski definition) is 2. The summed E-state index contributed by atoms with van der Waals surface area (Å²) < 4.78 is 40.7. The Morgan fingerprint density at radius 2 is 2.00 bits per heavy atom. The van der Waals surface area contributed by atoms with Crippen molar-refractivity contribution < 1.29 is 27.6 Å². The van der Waals surface area contributed by atoms with Gasteiger partial charge in [-0.05, 0) is 43.2 Å². The van der Waals surface area contributed by atoms with Crippen LogP contribution in [0.2, 0.25) is 0 Å². The van der Waals surface area contributed by atoms with Gasteiger partial charge in [0, 0.05) is 0 Å². The first-order chi connectivity index (χ1) is 13.1. The molecule has 3 rings (SSSR count). The zero-order valence-electron chi connectivity index (χ0n) is 15.0. The number of nitrogens with one attached hydrogen (secondary N) is 1. The Kier molecular flexibility index (Phi) is 5.90. The number of H-pyrrole nitrogens is 1. The molecule has 0 atom stereocenters. The first-order valence-corrected chi connectivity index (χ1v) is 10.7. The summed E-state index contributed by atoms with van der Waals surface area (Å²) >= 11 is 0. The monoisotopic (exact) mass is 428 g/mol. The summed E-state index contributed by atoms with van der Waals surface area (Å²) in [5.41, 5.74) is 2.86. The summed E-state index contributed by atoms with van der Waals surface area (Å²) in [4.78, 5) is 18.1. The number of carboxylic acid groups (broad SMARTS) is 1. The maximum atomic E-state index is 13.0. The third kappa shape index (κ3) is 4.61. The summed E-state index contributed by atoms with van der Waals surface area (Å²) in [6.07, 6.45) is -2.57. The van der Waals surface area contributed by atoms with E-state index in [1.165, 1.54) is 27.7 Å². The Hall–Kier alpha value is -2.20. The molecule has 28 heavy (non-hydrogen) atoms. The topological polar surface area (TPSA) is 69.9 Å². The maximum absolute atomic E-state index is 13.0. The van der Waals surface area contributed by atoms with Gasteiger partial charge < -0.3 is 5.11 Å². The molecule has 1 aromatic carbocycles. The van der Waals surface area contributed by atoms with Crippen molar-refractivity contribution in [1.82, 2.24) is 9.97 Å². The van der Waals surface area contributed by atoms with Crippen LogP contribution in [0.1, 0.15) is 22.4 Å². The third-order valence-electron chi connectivity index (χ3n) is 4.01. The minimum Gasteiger partial charge on any atom is -0.481 e. The second kappa shape index (κ2) is 8.04. The molecule has 2 heterocycles. The molecule has 5 nitrogen and oxygen atoms in total. The number of rotatable bonds is 6. The number of aryl methyl sites for hydroxylation is 2. The summed E-state index contributed by atoms with van der Waals surface area (Å²) in [6.45, 7) is 3.86. The van der Waals surface area contributed by atoms with E-state index in [0.29, 0.717) is 22.7 Å². The van der Waals surface area contributed by atoms with Crippen molar-refractivity contribution >= 4 is 38.6 Å². The van der Waals surface area contributed by atoms with Crippen LogP contribution in [0.15, 0.2) is 30.5 Å². The van der Waals surface area contributed by atoms with Gasteiger partial charge in [0.25, 0.3) is 0 Å². The molecule has 0 saturated heterocycles. The lowest BCUT2D eigenvalue weighted by Crippen LogP contribution is -2.38. The molecule has 2 N–H and O–H groups in total. The largest absolute Gasteiger partial charge is 0.481 e. The highest BCUT2D eigenvalue weighted by Crippen LogP contribution is 2.31. The smallest absolute Gasteiger partial charge is 0.416 e. The number of benzene rings is 1. The average Bonchev–Trinajstić information content (AvgIpc) is 3.01. The number of carbonyl (C=O) groups is 1. The van der Waals surface area contributed by atoms with E-state index < -0.39 is 17.7 Å². The van der Waals surface area contributed by atoms with Crippen LogP contribution in [0.3, 0.4) is 0 Å². The van der Waals surface area contributed by atoms with Gasteiger partial charge in [0.1, 0.15) is 11.3 Å². The van der Waals surface area contributed by atoms with Gasteiger partial charge in [-0.15, -0.1) is 0 Å². The number of carboxylic acids is 1. The van der Waals surface area contributed by atoms with Crippen molar-refractivity contribution in [2.75, 3.05) is 5.75 Å². The molecule has 3 aromatic rings. The maximum Gasteiger partial charge on any atom is 0.416 e. The Bertz CT molecular complexity index is 1030. The van der Waals surface area contributed by atoms with E-state index in [9.17, 15) is 18.0 Å². The summed E-state index contributed by atoms with van der Waals surface area (Å²) in [7, 11) is 2.63. The van der Waals surface area contributed by atoms with Crippen molar-refractivity contribution in [3.63, 3.8) is 0 Å². The molecule has 0 saturated carbocycles. The van der Waals surface area contributed by atoms with Crippen LogP contribution in [0.25, 0.3) is 17.0 Å². The molecule has 0 amide bonds. The normalized spacial score (nSPS) is 11.9. The van der Waals surface area contributed by atoms with Crippen molar-refractivity contribution in [1.29, 1.82) is 0 Å². The van der Waals surface area contributed by atoms with Crippen LogP contribution in [-0.2, 0) is 16.7 Å². The summed E-state index contributed by atoms with van der Waals surface area (Å²) in [6, 6.07) is 5.40. The number of fused-ring (bicyclic) bond motifs is 1. The Balaban J connectivity index is 1.98. The molecule has 10 heteroatoms. The minimum absolute atomic E-state index is 0.0135. The van der Waals surface area contributed by atoms with E-state index >= 15 is 0 Å². The zero-order chi connectivity index (χ0) is 20.5. The van der Waals surface area contributed by atoms with E-state index in [1.807, 2.05) is 30.7 Å². The van der Waals surface area contributed by atoms with E-state index in [4.69, 9.17) is 5.11 Å². The van der Waals surface area contributed by atoms with Gasteiger partial charge in [-0.2, -0.15) is 13.2 Å². The molecule has 0 unspecified atom stereocenters. The Morgan fingerprint density at radius 1 is 1.25 bits per heavy atom. The molecular formula is C18H17F3N3O2S2+. The Labute approximate surface area is 166 Å². The molecule has 0 bridgehead atoms. The fourth-order valence-corrected chi connectivity index (χ4v) is 4.67. The number of alkyl halides is 3. The highest BCUT2D eigenvalue weighted by atomic mass is 33.1. The lowest BCUT2D eigenvalue weighted by Gasteiger charge is -2.09. The zero-order valence-corrected chi connectivity index (χ0v) is 16.6. The second-order valence-corrected chi connectivity index (χ2v) is 8.69. The van der Waals surface area contributed by atoms with Crippen molar-refractivity contribution in [3.05, 3.63) is 52.8 Å². The number of nitrogens with zero attached hydrogens (tertiary/aromatic N) is 2. The first-order valence-electron chi connectivity index (χ1n) is 8.20. The minimum atomic E-state index is -4.42.